The van der Waals surface area contributed by atoms with E-state index in [1.54, 1.807) is 6.20 Å². The number of ether oxygens (including phenoxy) is 1. The van der Waals surface area contributed by atoms with Crippen LogP contribution < -0.4 is 11.1 Å². The van der Waals surface area contributed by atoms with Crippen LogP contribution in [-0.2, 0) is 16.0 Å². The molecule has 1 aromatic heterocycles. The molecule has 4 atom stereocenters. The predicted octanol–water partition coefficient (Wildman–Crippen LogP) is 5.73. The van der Waals surface area contributed by atoms with Crippen LogP contribution in [0.25, 0.3) is 11.1 Å². The van der Waals surface area contributed by atoms with Crippen molar-refractivity contribution in [3.63, 3.8) is 0 Å². The number of allylic oxidation sites excluding steroid dienone is 1. The van der Waals surface area contributed by atoms with Crippen molar-refractivity contribution in [1.82, 2.24) is 15.3 Å². The minimum Gasteiger partial charge on any atom is -0.432 e. The van der Waals surface area contributed by atoms with Crippen molar-refractivity contribution in [3.8, 4) is 11.1 Å². The van der Waals surface area contributed by atoms with Gasteiger partial charge in [-0.1, -0.05) is 82.3 Å². The molecule has 1 aliphatic carbocycles. The molecular formula is C34H44N4O4. The molecule has 0 unspecified atom stereocenters. The van der Waals surface area contributed by atoms with Gasteiger partial charge in [0.1, 0.15) is 0 Å². The maximum Gasteiger partial charge on any atom is 0.405 e. The first-order chi connectivity index (χ1) is 20.0. The summed E-state index contributed by atoms with van der Waals surface area (Å²) in [7, 11) is 0. The van der Waals surface area contributed by atoms with Crippen LogP contribution in [-0.4, -0.2) is 44.8 Å². The van der Waals surface area contributed by atoms with Gasteiger partial charge in [-0.25, -0.2) is 9.78 Å². The third-order valence-electron chi connectivity index (χ3n) is 8.41. The van der Waals surface area contributed by atoms with Gasteiger partial charge in [0.15, 0.2) is 5.60 Å². The third kappa shape index (κ3) is 6.93. The Balaban J connectivity index is 1.75. The minimum absolute atomic E-state index is 0.0118. The first-order valence-corrected chi connectivity index (χ1v) is 14.8. The fraction of sp³-hybridized carbons (Fsp3) is 0.441. The highest BCUT2D eigenvalue weighted by Crippen LogP contribution is 2.48. The van der Waals surface area contributed by atoms with E-state index in [0.717, 1.165) is 22.3 Å². The van der Waals surface area contributed by atoms with Gasteiger partial charge in [0.2, 0.25) is 0 Å². The van der Waals surface area contributed by atoms with Gasteiger partial charge in [-0.05, 0) is 52.8 Å². The van der Waals surface area contributed by atoms with Crippen molar-refractivity contribution in [3.05, 3.63) is 90.5 Å². The number of aromatic nitrogens is 2. The molecule has 8 heteroatoms. The topological polar surface area (TPSA) is 130 Å². The number of hydrogen-bond acceptors (Lipinski definition) is 5. The molecule has 8 nitrogen and oxygen atoms in total. The lowest BCUT2D eigenvalue weighted by Crippen LogP contribution is -2.57. The maximum absolute atomic E-state index is 14.5. The summed E-state index contributed by atoms with van der Waals surface area (Å²) >= 11 is 0. The highest BCUT2D eigenvalue weighted by molar-refractivity contribution is 5.89. The van der Waals surface area contributed by atoms with E-state index in [-0.39, 0.29) is 36.5 Å². The number of carbonyl (C=O) groups excluding carboxylic acids is 2. The second-order valence-electron chi connectivity index (χ2n) is 12.2. The molecule has 1 heterocycles. The molecule has 2 amide bonds. The third-order valence-corrected chi connectivity index (χ3v) is 8.41. The van der Waals surface area contributed by atoms with Gasteiger partial charge in [0.05, 0.1) is 24.2 Å². The fourth-order valence-electron chi connectivity index (χ4n) is 6.26. The van der Waals surface area contributed by atoms with Crippen molar-refractivity contribution in [1.29, 1.82) is 0 Å². The SMILES string of the molecule is C=C[C@@H](C[C@H](O)[C@H](CC(C)C)NC(=O)[C@@](Cc1c[nH]cn1)(CC1c2ccccc2-c2ccccc21)OC(N)=O)C(C)C. The second-order valence-corrected chi connectivity index (χ2v) is 12.2. The summed E-state index contributed by atoms with van der Waals surface area (Å²) in [6, 6.07) is 15.6. The molecule has 5 N–H and O–H groups in total. The predicted molar refractivity (Wildman–Crippen MR) is 165 cm³/mol. The van der Waals surface area contributed by atoms with Crippen molar-refractivity contribution in [2.75, 3.05) is 0 Å². The number of aliphatic hydroxyl groups is 1. The second kappa shape index (κ2) is 13.4. The molecule has 0 aliphatic heterocycles. The number of imidazole rings is 1. The molecule has 3 aromatic rings. The van der Waals surface area contributed by atoms with Gasteiger partial charge >= 0.3 is 6.09 Å². The smallest absolute Gasteiger partial charge is 0.405 e. The monoisotopic (exact) mass is 572 g/mol. The number of hydrogen-bond donors (Lipinski definition) is 4. The number of nitrogens with zero attached hydrogens (tertiary/aromatic N) is 1. The summed E-state index contributed by atoms with van der Waals surface area (Å²) in [5.74, 6) is -0.185. The van der Waals surface area contributed by atoms with Crippen LogP contribution in [0.2, 0.25) is 0 Å². The van der Waals surface area contributed by atoms with E-state index in [9.17, 15) is 14.7 Å². The van der Waals surface area contributed by atoms with Gasteiger partial charge in [0, 0.05) is 25.0 Å². The highest BCUT2D eigenvalue weighted by Gasteiger charge is 2.48. The maximum atomic E-state index is 14.5. The molecule has 1 aliphatic rings. The van der Waals surface area contributed by atoms with Crippen molar-refractivity contribution in [2.24, 2.45) is 23.5 Å². The van der Waals surface area contributed by atoms with Crippen LogP contribution >= 0.6 is 0 Å². The Bertz CT molecular complexity index is 1320. The Morgan fingerprint density at radius 2 is 1.71 bits per heavy atom. The molecular weight excluding hydrogens is 528 g/mol. The van der Waals surface area contributed by atoms with Crippen LogP contribution in [0.4, 0.5) is 4.79 Å². The summed E-state index contributed by atoms with van der Waals surface area (Å²) in [6.45, 7) is 12.2. The molecule has 0 spiro atoms. The first-order valence-electron chi connectivity index (χ1n) is 14.8. The molecule has 4 rings (SSSR count). The van der Waals surface area contributed by atoms with Crippen molar-refractivity contribution < 1.29 is 19.4 Å². The molecule has 224 valence electrons. The number of H-pyrrole nitrogens is 1. The lowest BCUT2D eigenvalue weighted by atomic mass is 9.80. The van der Waals surface area contributed by atoms with Gasteiger partial charge < -0.3 is 25.9 Å². The number of benzene rings is 2. The standard InChI is InChI=1S/C34H44N4O4/c1-6-23(22(4)5)16-31(39)30(15-21(2)3)38-32(40)34(42-33(35)41,17-24-19-36-20-37-24)18-29-27-13-9-7-11-25(27)26-12-8-10-14-28(26)29/h6-14,19-23,29-31,39H,1,15-18H2,2-5H3,(H2,35,41)(H,36,37)(H,38,40)/t23-,30-,31-,34+/m0/s1. The number of amides is 2. The normalized spacial score (nSPS) is 16.3. The molecule has 0 radical (unpaired) electrons. The Labute approximate surface area is 248 Å². The number of primary amides is 1. The summed E-state index contributed by atoms with van der Waals surface area (Å²) in [4.78, 5) is 34.3. The van der Waals surface area contributed by atoms with Gasteiger partial charge in [0.25, 0.3) is 5.91 Å². The number of aromatic amines is 1. The number of carbonyl (C=O) groups is 2. The van der Waals surface area contributed by atoms with Crippen LogP contribution in [0.15, 0.2) is 73.7 Å². The van der Waals surface area contributed by atoms with Crippen LogP contribution in [0.5, 0.6) is 0 Å². The molecule has 42 heavy (non-hydrogen) atoms. The summed E-state index contributed by atoms with van der Waals surface area (Å²) in [5.41, 5.74) is 8.80. The van der Waals surface area contributed by atoms with E-state index in [1.165, 1.54) is 6.33 Å². The van der Waals surface area contributed by atoms with Gasteiger partial charge in [-0.15, -0.1) is 6.58 Å². The van der Waals surface area contributed by atoms with Gasteiger partial charge in [-0.3, -0.25) is 4.79 Å². The summed E-state index contributed by atoms with van der Waals surface area (Å²) in [5, 5.41) is 14.5. The number of fused-ring (bicyclic) bond motifs is 3. The number of nitrogens with two attached hydrogens (primary N) is 1. The summed E-state index contributed by atoms with van der Waals surface area (Å²) < 4.78 is 5.87. The lowest BCUT2D eigenvalue weighted by molar-refractivity contribution is -0.143. The van der Waals surface area contributed by atoms with E-state index < -0.39 is 29.7 Å². The van der Waals surface area contributed by atoms with Crippen LogP contribution in [0.3, 0.4) is 0 Å². The average molecular weight is 573 g/mol. The largest absolute Gasteiger partial charge is 0.432 e. The Hall–Kier alpha value is -3.91. The quantitative estimate of drug-likeness (QED) is 0.183. The minimum atomic E-state index is -1.69. The summed E-state index contributed by atoms with van der Waals surface area (Å²) in [6.07, 6.45) is 4.33. The van der Waals surface area contributed by atoms with E-state index in [2.05, 4.69) is 47.8 Å². The Kier molecular flexibility index (Phi) is 9.89. The molecule has 0 saturated carbocycles. The zero-order chi connectivity index (χ0) is 30.4. The van der Waals surface area contributed by atoms with Crippen LogP contribution in [0.1, 0.15) is 69.7 Å². The molecule has 0 fully saturated rings. The van der Waals surface area contributed by atoms with E-state index in [4.69, 9.17) is 10.5 Å². The number of rotatable bonds is 14. The zero-order valence-corrected chi connectivity index (χ0v) is 25.0. The fourth-order valence-corrected chi connectivity index (χ4v) is 6.26. The zero-order valence-electron chi connectivity index (χ0n) is 25.0. The number of nitrogens with one attached hydrogen (secondary N) is 2. The van der Waals surface area contributed by atoms with Gasteiger partial charge in [-0.2, -0.15) is 0 Å². The first kappa shape index (κ1) is 31.0. The van der Waals surface area contributed by atoms with E-state index >= 15 is 0 Å². The Morgan fingerprint density at radius 1 is 1.10 bits per heavy atom. The average Bonchev–Trinajstić information content (AvgIpc) is 3.56. The molecule has 0 bridgehead atoms. The lowest BCUT2D eigenvalue weighted by Gasteiger charge is -2.37. The van der Waals surface area contributed by atoms with E-state index in [0.29, 0.717) is 18.5 Å². The highest BCUT2D eigenvalue weighted by atomic mass is 16.6. The van der Waals surface area contributed by atoms with Crippen LogP contribution in [0, 0.1) is 17.8 Å². The number of aliphatic hydroxyl groups excluding tert-OH is 1. The molecule has 2 aromatic carbocycles. The van der Waals surface area contributed by atoms with Crippen molar-refractivity contribution in [2.45, 2.75) is 77.0 Å². The van der Waals surface area contributed by atoms with Crippen molar-refractivity contribution >= 4 is 12.0 Å². The Morgan fingerprint density at radius 3 is 2.21 bits per heavy atom. The van der Waals surface area contributed by atoms with E-state index in [1.807, 2.05) is 56.3 Å². The molecule has 0 saturated heterocycles.